The number of nitrogens with two attached hydrogens (primary N) is 1. The molecule has 78 valence electrons. The van der Waals surface area contributed by atoms with Gasteiger partial charge in [0.15, 0.2) is 0 Å². The third kappa shape index (κ3) is 1.18. The number of hydrogen-bond donors (Lipinski definition) is 1. The van der Waals surface area contributed by atoms with Gasteiger partial charge in [-0.3, -0.25) is 0 Å². The molecular weight excluding hydrogens is 170 g/mol. The van der Waals surface area contributed by atoms with Crippen molar-refractivity contribution in [3.8, 4) is 0 Å². The van der Waals surface area contributed by atoms with Gasteiger partial charge in [0.2, 0.25) is 0 Å². The fourth-order valence-corrected chi connectivity index (χ4v) is 4.13. The van der Waals surface area contributed by atoms with Gasteiger partial charge in [-0.05, 0) is 56.3 Å². The summed E-state index contributed by atoms with van der Waals surface area (Å²) in [6, 6.07) is 0. The summed E-state index contributed by atoms with van der Waals surface area (Å²) in [5.74, 6) is 2.52. The first-order valence-corrected chi connectivity index (χ1v) is 6.24. The van der Waals surface area contributed by atoms with Crippen molar-refractivity contribution < 1.29 is 0 Å². The van der Waals surface area contributed by atoms with Crippen molar-refractivity contribution in [3.05, 3.63) is 12.2 Å². The Kier molecular flexibility index (Phi) is 1.98. The van der Waals surface area contributed by atoms with Crippen LogP contribution in [0.3, 0.4) is 0 Å². The van der Waals surface area contributed by atoms with Crippen LogP contribution in [0.5, 0.6) is 0 Å². The van der Waals surface area contributed by atoms with E-state index in [9.17, 15) is 0 Å². The fourth-order valence-electron chi connectivity index (χ4n) is 4.13. The molecule has 4 unspecified atom stereocenters. The van der Waals surface area contributed by atoms with Crippen LogP contribution in [0.2, 0.25) is 0 Å². The number of allylic oxidation sites excluding steroid dienone is 1. The van der Waals surface area contributed by atoms with E-state index in [1.54, 1.807) is 0 Å². The van der Waals surface area contributed by atoms with E-state index >= 15 is 0 Å². The van der Waals surface area contributed by atoms with Crippen LogP contribution in [0.1, 0.15) is 44.9 Å². The molecule has 1 nitrogen and oxygen atoms in total. The molecular formula is C13H21N. The molecule has 3 rings (SSSR count). The maximum atomic E-state index is 6.67. The standard InChI is InChI=1S/C13H21N/c14-13(11-4-2-1-3-5-11)9-10-6-7-12(13)8-10/h2,4,10-12H,1,3,5-9,14H2. The summed E-state index contributed by atoms with van der Waals surface area (Å²) in [4.78, 5) is 0. The lowest BCUT2D eigenvalue weighted by molar-refractivity contribution is 0.192. The van der Waals surface area contributed by atoms with Gasteiger partial charge in [-0.15, -0.1) is 0 Å². The molecule has 2 fully saturated rings. The van der Waals surface area contributed by atoms with E-state index in [1.807, 2.05) is 0 Å². The molecule has 0 saturated heterocycles. The molecule has 0 radical (unpaired) electrons. The molecule has 2 bridgehead atoms. The molecule has 2 N–H and O–H groups in total. The average Bonchev–Trinajstić information content (AvgIpc) is 2.79. The number of hydrogen-bond acceptors (Lipinski definition) is 1. The molecule has 3 aliphatic carbocycles. The van der Waals surface area contributed by atoms with Crippen LogP contribution in [-0.2, 0) is 0 Å². The van der Waals surface area contributed by atoms with Crippen LogP contribution in [0.15, 0.2) is 12.2 Å². The van der Waals surface area contributed by atoms with Crippen LogP contribution in [0.4, 0.5) is 0 Å². The molecule has 0 aromatic carbocycles. The zero-order valence-electron chi connectivity index (χ0n) is 8.91. The smallest absolute Gasteiger partial charge is 0.0249 e. The summed E-state index contributed by atoms with van der Waals surface area (Å²) in [5.41, 5.74) is 6.86. The highest BCUT2D eigenvalue weighted by Crippen LogP contribution is 2.53. The molecule has 0 aromatic rings. The summed E-state index contributed by atoms with van der Waals surface area (Å²) >= 11 is 0. The van der Waals surface area contributed by atoms with Crippen LogP contribution in [0.25, 0.3) is 0 Å². The minimum atomic E-state index is 0.194. The quantitative estimate of drug-likeness (QED) is 0.634. The van der Waals surface area contributed by atoms with E-state index in [1.165, 1.54) is 44.9 Å². The Balaban J connectivity index is 1.82. The molecule has 0 amide bonds. The molecule has 4 atom stereocenters. The molecule has 1 heteroatoms. The first-order chi connectivity index (χ1) is 6.79. The first kappa shape index (κ1) is 8.96. The van der Waals surface area contributed by atoms with Crippen molar-refractivity contribution in [2.75, 3.05) is 0 Å². The van der Waals surface area contributed by atoms with Gasteiger partial charge in [0.05, 0.1) is 0 Å². The Hall–Kier alpha value is -0.300. The highest BCUT2D eigenvalue weighted by molar-refractivity contribution is 5.13. The predicted octanol–water partition coefficient (Wildman–Crippen LogP) is 2.86. The van der Waals surface area contributed by atoms with Crippen LogP contribution < -0.4 is 5.73 Å². The van der Waals surface area contributed by atoms with Gasteiger partial charge in [0, 0.05) is 5.54 Å². The maximum absolute atomic E-state index is 6.67. The summed E-state index contributed by atoms with van der Waals surface area (Å²) in [5, 5.41) is 0. The summed E-state index contributed by atoms with van der Waals surface area (Å²) in [6.45, 7) is 0. The lowest BCUT2D eigenvalue weighted by Crippen LogP contribution is -2.51. The van der Waals surface area contributed by atoms with Gasteiger partial charge in [0.25, 0.3) is 0 Å². The van der Waals surface area contributed by atoms with E-state index in [0.29, 0.717) is 5.92 Å². The summed E-state index contributed by atoms with van der Waals surface area (Å²) in [6.07, 6.45) is 14.4. The molecule has 2 saturated carbocycles. The van der Waals surface area contributed by atoms with Crippen molar-refractivity contribution in [1.82, 2.24) is 0 Å². The topological polar surface area (TPSA) is 26.0 Å². The lowest BCUT2D eigenvalue weighted by atomic mass is 9.69. The van der Waals surface area contributed by atoms with E-state index in [-0.39, 0.29) is 5.54 Å². The molecule has 0 heterocycles. The number of fused-ring (bicyclic) bond motifs is 2. The van der Waals surface area contributed by atoms with Gasteiger partial charge < -0.3 is 5.73 Å². The van der Waals surface area contributed by atoms with E-state index < -0.39 is 0 Å². The average molecular weight is 191 g/mol. The molecule has 0 aromatic heterocycles. The second-order valence-corrected chi connectivity index (χ2v) is 5.66. The summed E-state index contributed by atoms with van der Waals surface area (Å²) in [7, 11) is 0. The monoisotopic (exact) mass is 191 g/mol. The second-order valence-electron chi connectivity index (χ2n) is 5.66. The van der Waals surface area contributed by atoms with E-state index in [4.69, 9.17) is 5.73 Å². The van der Waals surface area contributed by atoms with Gasteiger partial charge in [-0.2, -0.15) is 0 Å². The Morgan fingerprint density at radius 1 is 1.21 bits per heavy atom. The van der Waals surface area contributed by atoms with Crippen molar-refractivity contribution in [1.29, 1.82) is 0 Å². The van der Waals surface area contributed by atoms with Crippen molar-refractivity contribution in [2.24, 2.45) is 23.5 Å². The fraction of sp³-hybridized carbons (Fsp3) is 0.846. The van der Waals surface area contributed by atoms with Gasteiger partial charge in [-0.1, -0.05) is 18.6 Å². The largest absolute Gasteiger partial charge is 0.324 e. The van der Waals surface area contributed by atoms with Gasteiger partial charge in [0.1, 0.15) is 0 Å². The van der Waals surface area contributed by atoms with E-state index in [2.05, 4.69) is 12.2 Å². The van der Waals surface area contributed by atoms with Crippen molar-refractivity contribution in [2.45, 2.75) is 50.5 Å². The maximum Gasteiger partial charge on any atom is 0.0249 e. The van der Waals surface area contributed by atoms with Crippen LogP contribution in [-0.4, -0.2) is 5.54 Å². The predicted molar refractivity (Wildman–Crippen MR) is 58.8 cm³/mol. The van der Waals surface area contributed by atoms with Crippen molar-refractivity contribution >= 4 is 0 Å². The Morgan fingerprint density at radius 3 is 2.71 bits per heavy atom. The molecule has 0 aliphatic heterocycles. The third-order valence-electron chi connectivity index (χ3n) is 4.89. The molecule has 14 heavy (non-hydrogen) atoms. The highest BCUT2D eigenvalue weighted by Gasteiger charge is 2.51. The second kappa shape index (κ2) is 3.10. The molecule has 0 spiro atoms. The Morgan fingerprint density at radius 2 is 2.14 bits per heavy atom. The summed E-state index contributed by atoms with van der Waals surface area (Å²) < 4.78 is 0. The minimum absolute atomic E-state index is 0.194. The Labute approximate surface area is 86.8 Å². The van der Waals surface area contributed by atoms with Crippen molar-refractivity contribution in [3.63, 3.8) is 0 Å². The van der Waals surface area contributed by atoms with Gasteiger partial charge >= 0.3 is 0 Å². The Bertz CT molecular complexity index is 258. The zero-order valence-corrected chi connectivity index (χ0v) is 8.91. The minimum Gasteiger partial charge on any atom is -0.324 e. The number of rotatable bonds is 1. The van der Waals surface area contributed by atoms with Gasteiger partial charge in [-0.25, -0.2) is 0 Å². The van der Waals surface area contributed by atoms with Crippen LogP contribution >= 0.6 is 0 Å². The van der Waals surface area contributed by atoms with Crippen LogP contribution in [0, 0.1) is 17.8 Å². The SMILES string of the molecule is NC1(C2C=CCCC2)CC2CCC1C2. The first-order valence-electron chi connectivity index (χ1n) is 6.24. The normalized spacial score (nSPS) is 51.4. The van der Waals surface area contributed by atoms with E-state index in [0.717, 1.165) is 11.8 Å². The molecule has 3 aliphatic rings. The zero-order chi connectivity index (χ0) is 9.60. The lowest BCUT2D eigenvalue weighted by Gasteiger charge is -2.41. The highest BCUT2D eigenvalue weighted by atomic mass is 14.8. The third-order valence-corrected chi connectivity index (χ3v) is 4.89.